The molecular weight excluding hydrogens is 525 g/mol. The Labute approximate surface area is 180 Å². The van der Waals surface area contributed by atoms with E-state index in [4.69, 9.17) is 5.11 Å². The Bertz CT molecular complexity index is 725. The Kier molecular flexibility index (Phi) is 9.11. The normalized spacial score (nSPS) is 15.8. The molecule has 0 rings (SSSR count). The van der Waals surface area contributed by atoms with E-state index in [1.54, 1.807) is 0 Å². The monoisotopic (exact) mass is 540 g/mol. The number of carbonyl (C=O) groups is 1. The molecular formula is C16H15F15O3. The Morgan fingerprint density at radius 1 is 0.794 bits per heavy atom. The van der Waals surface area contributed by atoms with Crippen molar-refractivity contribution >= 4 is 5.97 Å². The number of hydrogen-bond acceptors (Lipinski definition) is 3. The van der Waals surface area contributed by atoms with Gasteiger partial charge in [-0.3, -0.25) is 0 Å². The lowest BCUT2D eigenvalue weighted by atomic mass is 9.85. The molecule has 3 nitrogen and oxygen atoms in total. The molecule has 1 N–H and O–H groups in total. The summed E-state index contributed by atoms with van der Waals surface area (Å²) in [5.41, 5.74) is -8.64. The molecule has 0 fully saturated rings. The van der Waals surface area contributed by atoms with Gasteiger partial charge in [-0.1, -0.05) is 6.58 Å². The van der Waals surface area contributed by atoms with E-state index in [-0.39, 0.29) is 5.57 Å². The van der Waals surface area contributed by atoms with Crippen LogP contribution in [0.25, 0.3) is 0 Å². The number of aliphatic hydroxyl groups excluding tert-OH is 1. The molecule has 0 spiro atoms. The van der Waals surface area contributed by atoms with Crippen LogP contribution < -0.4 is 0 Å². The summed E-state index contributed by atoms with van der Waals surface area (Å²) in [7, 11) is 0. The van der Waals surface area contributed by atoms with Crippen molar-refractivity contribution in [2.75, 3.05) is 6.61 Å². The minimum Gasteiger partial charge on any atom is -0.457 e. The lowest BCUT2D eigenvalue weighted by molar-refractivity contribution is -0.457. The highest BCUT2D eigenvalue weighted by atomic mass is 19.4. The second-order valence-electron chi connectivity index (χ2n) is 6.96. The van der Waals surface area contributed by atoms with Gasteiger partial charge in [0.1, 0.15) is 6.10 Å². The fourth-order valence-electron chi connectivity index (χ4n) is 2.31. The lowest BCUT2D eigenvalue weighted by Crippen LogP contribution is -2.75. The smallest absolute Gasteiger partial charge is 0.438 e. The minimum atomic E-state index is -8.46. The van der Waals surface area contributed by atoms with Crippen molar-refractivity contribution in [1.82, 2.24) is 0 Å². The number of hydrogen-bond donors (Lipinski definition) is 1. The molecule has 18 heteroatoms. The van der Waals surface area contributed by atoms with Crippen molar-refractivity contribution in [3.8, 4) is 0 Å². The first-order valence-electron chi connectivity index (χ1n) is 8.57. The van der Waals surface area contributed by atoms with Gasteiger partial charge in [0, 0.05) is 12.0 Å². The zero-order chi connectivity index (χ0) is 27.8. The molecule has 0 aliphatic carbocycles. The van der Waals surface area contributed by atoms with Gasteiger partial charge >= 0.3 is 47.7 Å². The summed E-state index contributed by atoms with van der Waals surface area (Å²) in [6.07, 6.45) is -22.8. The highest BCUT2D eigenvalue weighted by molar-refractivity contribution is 5.87. The molecule has 0 heterocycles. The van der Waals surface area contributed by atoms with E-state index in [0.29, 0.717) is 0 Å². The molecule has 0 aromatic carbocycles. The van der Waals surface area contributed by atoms with E-state index in [2.05, 4.69) is 11.3 Å². The van der Waals surface area contributed by atoms with Crippen molar-refractivity contribution in [1.29, 1.82) is 0 Å². The molecule has 0 radical (unpaired) electrons. The van der Waals surface area contributed by atoms with Crippen LogP contribution in [0.2, 0.25) is 0 Å². The van der Waals surface area contributed by atoms with Gasteiger partial charge in [0.15, 0.2) is 0 Å². The molecule has 0 amide bonds. The number of halogens is 15. The number of carbonyl (C=O) groups excluding carboxylic acids is 1. The number of ether oxygens (including phenoxy) is 1. The lowest BCUT2D eigenvalue weighted by Gasteiger charge is -2.43. The van der Waals surface area contributed by atoms with Crippen LogP contribution in [-0.4, -0.2) is 65.5 Å². The predicted octanol–water partition coefficient (Wildman–Crippen LogP) is 6.01. The summed E-state index contributed by atoms with van der Waals surface area (Å²) in [6.45, 7) is 2.99. The summed E-state index contributed by atoms with van der Waals surface area (Å²) >= 11 is 0. The summed E-state index contributed by atoms with van der Waals surface area (Å²) < 4.78 is 201. The average Bonchev–Trinajstić information content (AvgIpc) is 2.63. The van der Waals surface area contributed by atoms with Crippen LogP contribution in [0.15, 0.2) is 12.2 Å². The van der Waals surface area contributed by atoms with Gasteiger partial charge in [-0.05, 0) is 19.8 Å². The van der Waals surface area contributed by atoms with Crippen LogP contribution in [0.4, 0.5) is 65.9 Å². The van der Waals surface area contributed by atoms with Gasteiger partial charge in [-0.2, -0.15) is 61.5 Å². The topological polar surface area (TPSA) is 46.5 Å². The zero-order valence-corrected chi connectivity index (χ0v) is 16.5. The number of alkyl halides is 15. The SMILES string of the molecule is C=C(C)C(=O)OC(CO)CCCC(F)(F)C(F)(F)C(F)(F)C(F)(F)C(F)(C(F)(F)F)C(F)(F)F. The van der Waals surface area contributed by atoms with E-state index < -0.39 is 79.7 Å². The van der Waals surface area contributed by atoms with Crippen molar-refractivity contribution in [3.63, 3.8) is 0 Å². The third-order valence-electron chi connectivity index (χ3n) is 4.30. The summed E-state index contributed by atoms with van der Waals surface area (Å²) in [5.74, 6) is -32.0. The van der Waals surface area contributed by atoms with Gasteiger partial charge < -0.3 is 9.84 Å². The molecule has 202 valence electrons. The highest BCUT2D eigenvalue weighted by Gasteiger charge is 2.95. The Hall–Kier alpha value is -1.88. The highest BCUT2D eigenvalue weighted by Crippen LogP contribution is 2.64. The van der Waals surface area contributed by atoms with Crippen molar-refractivity contribution in [2.45, 2.75) is 74.0 Å². The Balaban J connectivity index is 6.04. The quantitative estimate of drug-likeness (QED) is 0.199. The molecule has 0 aromatic rings. The second-order valence-corrected chi connectivity index (χ2v) is 6.96. The fraction of sp³-hybridized carbons (Fsp3) is 0.812. The molecule has 1 atom stereocenters. The van der Waals surface area contributed by atoms with Gasteiger partial charge in [0.25, 0.3) is 0 Å². The van der Waals surface area contributed by atoms with E-state index in [1.807, 2.05) is 0 Å². The van der Waals surface area contributed by atoms with E-state index >= 15 is 0 Å². The standard InChI is InChI=1S/C16H15F15O3/c1-7(2)9(33)34-8(6-32)4-3-5-10(17,18)12(20,21)14(24,25)13(22,23)11(19,15(26,27)28)16(29,30)31/h8,32H,1,3-6H2,2H3. The minimum absolute atomic E-state index is 0.304. The van der Waals surface area contributed by atoms with Crippen LogP contribution >= 0.6 is 0 Å². The van der Waals surface area contributed by atoms with E-state index in [1.165, 1.54) is 0 Å². The van der Waals surface area contributed by atoms with Gasteiger partial charge in [0.05, 0.1) is 6.61 Å². The molecule has 1 unspecified atom stereocenters. The van der Waals surface area contributed by atoms with Crippen LogP contribution in [0, 0.1) is 0 Å². The molecule has 0 aliphatic heterocycles. The van der Waals surface area contributed by atoms with Crippen LogP contribution in [0.1, 0.15) is 26.2 Å². The van der Waals surface area contributed by atoms with Gasteiger partial charge in [0.2, 0.25) is 0 Å². The first kappa shape index (κ1) is 32.1. The molecule has 0 aromatic heterocycles. The van der Waals surface area contributed by atoms with E-state index in [0.717, 1.165) is 6.92 Å². The first-order valence-corrected chi connectivity index (χ1v) is 8.57. The van der Waals surface area contributed by atoms with Crippen molar-refractivity contribution < 1.29 is 80.5 Å². The molecule has 0 saturated heterocycles. The van der Waals surface area contributed by atoms with Crippen molar-refractivity contribution in [3.05, 3.63) is 12.2 Å². The maximum absolute atomic E-state index is 13.7. The number of rotatable bonds is 11. The van der Waals surface area contributed by atoms with Crippen molar-refractivity contribution in [2.24, 2.45) is 0 Å². The summed E-state index contributed by atoms with van der Waals surface area (Å²) in [5, 5.41) is 8.91. The summed E-state index contributed by atoms with van der Waals surface area (Å²) in [4.78, 5) is 11.2. The molecule has 0 aliphatic rings. The largest absolute Gasteiger partial charge is 0.457 e. The zero-order valence-electron chi connectivity index (χ0n) is 16.5. The third kappa shape index (κ3) is 5.35. The Morgan fingerprint density at radius 3 is 1.53 bits per heavy atom. The Morgan fingerprint density at radius 2 is 1.21 bits per heavy atom. The third-order valence-corrected chi connectivity index (χ3v) is 4.30. The van der Waals surface area contributed by atoms with E-state index in [9.17, 15) is 70.7 Å². The maximum atomic E-state index is 13.7. The predicted molar refractivity (Wildman–Crippen MR) is 81.4 cm³/mol. The number of aliphatic hydroxyl groups is 1. The second kappa shape index (κ2) is 9.64. The molecule has 34 heavy (non-hydrogen) atoms. The van der Waals surface area contributed by atoms with Gasteiger partial charge in [-0.25, -0.2) is 9.18 Å². The van der Waals surface area contributed by atoms with Gasteiger partial charge in [-0.15, -0.1) is 0 Å². The summed E-state index contributed by atoms with van der Waals surface area (Å²) in [6, 6.07) is 0. The van der Waals surface area contributed by atoms with Crippen LogP contribution in [-0.2, 0) is 9.53 Å². The molecule has 0 bridgehead atoms. The maximum Gasteiger partial charge on any atom is 0.438 e. The number of esters is 1. The van der Waals surface area contributed by atoms with Crippen LogP contribution in [0.5, 0.6) is 0 Å². The fourth-order valence-corrected chi connectivity index (χ4v) is 2.31. The average molecular weight is 540 g/mol. The van der Waals surface area contributed by atoms with Crippen LogP contribution in [0.3, 0.4) is 0 Å². The first-order chi connectivity index (χ1) is 14.8. The molecule has 0 saturated carbocycles.